The first-order valence-corrected chi connectivity index (χ1v) is 8.47. The molecule has 0 heterocycles. The summed E-state index contributed by atoms with van der Waals surface area (Å²) in [5.41, 5.74) is 2.51. The molecule has 2 amide bonds. The molecule has 7 heteroatoms. The minimum atomic E-state index is -0.315. The number of aryl methyl sites for hydroxylation is 1. The van der Waals surface area contributed by atoms with Crippen LogP contribution in [0.5, 0.6) is 0 Å². The average Bonchev–Trinajstić information content (AvgIpc) is 2.62. The van der Waals surface area contributed by atoms with Crippen LogP contribution < -0.4 is 16.0 Å². The van der Waals surface area contributed by atoms with E-state index in [0.29, 0.717) is 30.0 Å². The fraction of sp³-hybridized carbons (Fsp3) is 0.211. The summed E-state index contributed by atoms with van der Waals surface area (Å²) in [7, 11) is 1.57. The molecule has 2 rings (SSSR count). The lowest BCUT2D eigenvalue weighted by Crippen LogP contribution is -2.35. The zero-order valence-corrected chi connectivity index (χ0v) is 15.5. The van der Waals surface area contributed by atoms with E-state index in [0.717, 1.165) is 5.56 Å². The van der Waals surface area contributed by atoms with Crippen molar-refractivity contribution in [1.29, 1.82) is 0 Å². The molecular weight excluding hydrogens is 350 g/mol. The lowest BCUT2D eigenvalue weighted by Gasteiger charge is -2.13. The summed E-state index contributed by atoms with van der Waals surface area (Å²) in [5.74, 6) is -0.567. The van der Waals surface area contributed by atoms with Crippen LogP contribution in [0.15, 0.2) is 48.5 Å². The Labute approximate surface area is 157 Å². The predicted molar refractivity (Wildman–Crippen MR) is 106 cm³/mol. The van der Waals surface area contributed by atoms with E-state index in [1.165, 1.54) is 0 Å². The van der Waals surface area contributed by atoms with Crippen LogP contribution in [0.1, 0.15) is 26.3 Å². The first kappa shape index (κ1) is 19.6. The van der Waals surface area contributed by atoms with Crippen LogP contribution in [-0.2, 0) is 4.74 Å². The van der Waals surface area contributed by atoms with Crippen LogP contribution in [0, 0.1) is 6.92 Å². The standard InChI is InChI=1S/C19H21N3O3S/c1-13-7-9-14(10-8-13)17(23)22-19(26)21-16-6-4-3-5-15(16)18(24)20-11-12-25-2/h3-10H,11-12H2,1-2H3,(H,20,24)(H2,21,22,23,26). The largest absolute Gasteiger partial charge is 0.383 e. The summed E-state index contributed by atoms with van der Waals surface area (Å²) in [6.07, 6.45) is 0. The van der Waals surface area contributed by atoms with E-state index in [-0.39, 0.29) is 16.9 Å². The van der Waals surface area contributed by atoms with Gasteiger partial charge in [0.15, 0.2) is 5.11 Å². The van der Waals surface area contributed by atoms with Gasteiger partial charge in [0, 0.05) is 19.2 Å². The molecule has 26 heavy (non-hydrogen) atoms. The van der Waals surface area contributed by atoms with Crippen molar-refractivity contribution < 1.29 is 14.3 Å². The minimum Gasteiger partial charge on any atom is -0.383 e. The average molecular weight is 371 g/mol. The molecule has 0 aromatic heterocycles. The summed E-state index contributed by atoms with van der Waals surface area (Å²) in [5, 5.41) is 8.38. The van der Waals surface area contributed by atoms with E-state index in [4.69, 9.17) is 17.0 Å². The number of methoxy groups -OCH3 is 1. The number of benzene rings is 2. The Balaban J connectivity index is 2.01. The number of nitrogens with one attached hydrogen (secondary N) is 3. The molecule has 0 saturated heterocycles. The van der Waals surface area contributed by atoms with Crippen molar-refractivity contribution >= 4 is 34.8 Å². The molecule has 0 saturated carbocycles. The Morgan fingerprint density at radius 2 is 1.73 bits per heavy atom. The highest BCUT2D eigenvalue weighted by Gasteiger charge is 2.13. The van der Waals surface area contributed by atoms with Gasteiger partial charge in [-0.2, -0.15) is 0 Å². The lowest BCUT2D eigenvalue weighted by atomic mass is 10.1. The smallest absolute Gasteiger partial charge is 0.257 e. The van der Waals surface area contributed by atoms with Gasteiger partial charge < -0.3 is 15.4 Å². The summed E-state index contributed by atoms with van der Waals surface area (Å²) in [4.78, 5) is 24.5. The Morgan fingerprint density at radius 1 is 1.04 bits per heavy atom. The summed E-state index contributed by atoms with van der Waals surface area (Å²) < 4.78 is 4.92. The van der Waals surface area contributed by atoms with Crippen molar-refractivity contribution in [3.05, 3.63) is 65.2 Å². The van der Waals surface area contributed by atoms with Crippen molar-refractivity contribution in [1.82, 2.24) is 10.6 Å². The minimum absolute atomic E-state index is 0.118. The van der Waals surface area contributed by atoms with Gasteiger partial charge in [-0.05, 0) is 43.4 Å². The van der Waals surface area contributed by atoms with Crippen molar-refractivity contribution in [2.45, 2.75) is 6.92 Å². The topological polar surface area (TPSA) is 79.5 Å². The van der Waals surface area contributed by atoms with Gasteiger partial charge in [-0.3, -0.25) is 14.9 Å². The van der Waals surface area contributed by atoms with Crippen molar-refractivity contribution in [3.8, 4) is 0 Å². The number of carbonyl (C=O) groups is 2. The Kier molecular flexibility index (Phi) is 7.25. The van der Waals surface area contributed by atoms with Crippen LogP contribution in [-0.4, -0.2) is 37.2 Å². The van der Waals surface area contributed by atoms with E-state index in [1.54, 1.807) is 43.5 Å². The molecule has 0 unspecified atom stereocenters. The van der Waals surface area contributed by atoms with Crippen LogP contribution in [0.4, 0.5) is 5.69 Å². The number of rotatable bonds is 6. The number of para-hydroxylation sites is 1. The molecule has 6 nitrogen and oxygen atoms in total. The van der Waals surface area contributed by atoms with Crippen molar-refractivity contribution in [3.63, 3.8) is 0 Å². The summed E-state index contributed by atoms with van der Waals surface area (Å²) in [6, 6.07) is 14.1. The summed E-state index contributed by atoms with van der Waals surface area (Å²) >= 11 is 5.20. The molecular formula is C19H21N3O3S. The lowest BCUT2D eigenvalue weighted by molar-refractivity contribution is 0.0937. The maximum atomic E-state index is 12.3. The van der Waals surface area contributed by atoms with E-state index >= 15 is 0 Å². The molecule has 2 aromatic rings. The van der Waals surface area contributed by atoms with E-state index < -0.39 is 0 Å². The predicted octanol–water partition coefficient (Wildman–Crippen LogP) is 2.50. The zero-order valence-electron chi connectivity index (χ0n) is 14.7. The van der Waals surface area contributed by atoms with Gasteiger partial charge in [0.05, 0.1) is 17.9 Å². The fourth-order valence-corrected chi connectivity index (χ4v) is 2.39. The van der Waals surface area contributed by atoms with Gasteiger partial charge in [-0.1, -0.05) is 29.8 Å². The van der Waals surface area contributed by atoms with E-state index in [1.807, 2.05) is 19.1 Å². The van der Waals surface area contributed by atoms with Gasteiger partial charge in [0.25, 0.3) is 11.8 Å². The third-order valence-corrected chi connectivity index (χ3v) is 3.76. The van der Waals surface area contributed by atoms with Gasteiger partial charge in [-0.25, -0.2) is 0 Å². The quantitative estimate of drug-likeness (QED) is 0.537. The zero-order chi connectivity index (χ0) is 18.9. The van der Waals surface area contributed by atoms with Crippen LogP contribution in [0.3, 0.4) is 0 Å². The number of ether oxygens (including phenoxy) is 1. The molecule has 136 valence electrons. The molecule has 0 aliphatic rings. The molecule has 2 aromatic carbocycles. The molecule has 0 bridgehead atoms. The van der Waals surface area contributed by atoms with Crippen LogP contribution in [0.25, 0.3) is 0 Å². The highest BCUT2D eigenvalue weighted by Crippen LogP contribution is 2.15. The summed E-state index contributed by atoms with van der Waals surface area (Å²) in [6.45, 7) is 2.77. The van der Waals surface area contributed by atoms with Gasteiger partial charge in [0.2, 0.25) is 0 Å². The number of thiocarbonyl (C=S) groups is 1. The number of anilines is 1. The number of carbonyl (C=O) groups excluding carboxylic acids is 2. The van der Waals surface area contributed by atoms with Crippen LogP contribution >= 0.6 is 12.2 Å². The highest BCUT2D eigenvalue weighted by molar-refractivity contribution is 7.80. The number of hydrogen-bond donors (Lipinski definition) is 3. The first-order chi connectivity index (χ1) is 12.5. The molecule has 0 fully saturated rings. The van der Waals surface area contributed by atoms with E-state index in [2.05, 4.69) is 16.0 Å². The molecule has 0 aliphatic heterocycles. The first-order valence-electron chi connectivity index (χ1n) is 8.06. The van der Waals surface area contributed by atoms with Gasteiger partial charge in [-0.15, -0.1) is 0 Å². The Morgan fingerprint density at radius 3 is 2.42 bits per heavy atom. The maximum absolute atomic E-state index is 12.3. The van der Waals surface area contributed by atoms with E-state index in [9.17, 15) is 9.59 Å². The molecule has 0 aliphatic carbocycles. The fourth-order valence-electron chi connectivity index (χ4n) is 2.19. The highest BCUT2D eigenvalue weighted by atomic mass is 32.1. The SMILES string of the molecule is COCCNC(=O)c1ccccc1NC(=S)NC(=O)c1ccc(C)cc1. The molecule has 3 N–H and O–H groups in total. The number of hydrogen-bond acceptors (Lipinski definition) is 4. The second-order valence-corrected chi connectivity index (χ2v) is 5.98. The number of amides is 2. The second kappa shape index (κ2) is 9.65. The second-order valence-electron chi connectivity index (χ2n) is 5.57. The monoisotopic (exact) mass is 371 g/mol. The van der Waals surface area contributed by atoms with Gasteiger partial charge in [0.1, 0.15) is 0 Å². The normalized spacial score (nSPS) is 10.1. The molecule has 0 spiro atoms. The molecule has 0 atom stereocenters. The Hall–Kier alpha value is -2.77. The third kappa shape index (κ3) is 5.65. The Bertz CT molecular complexity index is 791. The van der Waals surface area contributed by atoms with Gasteiger partial charge >= 0.3 is 0 Å². The maximum Gasteiger partial charge on any atom is 0.257 e. The van der Waals surface area contributed by atoms with Crippen molar-refractivity contribution in [2.75, 3.05) is 25.6 Å². The molecule has 0 radical (unpaired) electrons. The third-order valence-electron chi connectivity index (χ3n) is 3.55. The van der Waals surface area contributed by atoms with Crippen LogP contribution in [0.2, 0.25) is 0 Å². The van der Waals surface area contributed by atoms with Crippen molar-refractivity contribution in [2.24, 2.45) is 0 Å².